The molecule has 0 aliphatic carbocycles. The number of rotatable bonds is 1. The SMILES string of the molecule is COC(=O)C1=CC=NC=Cc2ccccc21. The minimum absolute atomic E-state index is 0.353. The summed E-state index contributed by atoms with van der Waals surface area (Å²) >= 11 is 0. The molecule has 0 saturated heterocycles. The number of carbonyl (C=O) groups is 1. The number of nitrogens with zero attached hydrogens (tertiary/aromatic N) is 1. The lowest BCUT2D eigenvalue weighted by atomic mass is 9.99. The monoisotopic (exact) mass is 213 g/mol. The fourth-order valence-corrected chi connectivity index (χ4v) is 1.56. The summed E-state index contributed by atoms with van der Waals surface area (Å²) in [5.74, 6) is -0.353. The number of hydrogen-bond donors (Lipinski definition) is 0. The van der Waals surface area contributed by atoms with E-state index in [-0.39, 0.29) is 5.97 Å². The molecule has 0 aromatic heterocycles. The Morgan fingerprint density at radius 2 is 2.12 bits per heavy atom. The molecule has 3 heteroatoms. The van der Waals surface area contributed by atoms with Crippen LogP contribution in [0.25, 0.3) is 11.6 Å². The minimum Gasteiger partial charge on any atom is -0.465 e. The van der Waals surface area contributed by atoms with Gasteiger partial charge in [-0.2, -0.15) is 0 Å². The second-order valence-electron chi connectivity index (χ2n) is 3.27. The summed E-state index contributed by atoms with van der Waals surface area (Å²) < 4.78 is 4.75. The molecule has 0 saturated carbocycles. The maximum atomic E-state index is 11.6. The van der Waals surface area contributed by atoms with Crippen LogP contribution in [0.2, 0.25) is 0 Å². The first kappa shape index (κ1) is 10.4. The molecule has 1 aliphatic heterocycles. The summed E-state index contributed by atoms with van der Waals surface area (Å²) in [5, 5.41) is 0. The van der Waals surface area contributed by atoms with Crippen molar-refractivity contribution in [3.63, 3.8) is 0 Å². The van der Waals surface area contributed by atoms with Crippen molar-refractivity contribution in [2.24, 2.45) is 4.99 Å². The van der Waals surface area contributed by atoms with Crippen molar-refractivity contribution < 1.29 is 9.53 Å². The normalized spacial score (nSPS) is 13.4. The molecular formula is C13H11NO2. The summed E-state index contributed by atoms with van der Waals surface area (Å²) in [6, 6.07) is 7.64. The molecule has 0 radical (unpaired) electrons. The van der Waals surface area contributed by atoms with Crippen LogP contribution in [-0.4, -0.2) is 19.3 Å². The lowest BCUT2D eigenvalue weighted by molar-refractivity contribution is -0.133. The molecule has 0 amide bonds. The van der Waals surface area contributed by atoms with Gasteiger partial charge in [0.2, 0.25) is 0 Å². The van der Waals surface area contributed by atoms with Gasteiger partial charge in [0.05, 0.1) is 12.7 Å². The Balaban J connectivity index is 2.57. The first-order valence-corrected chi connectivity index (χ1v) is 4.90. The molecule has 16 heavy (non-hydrogen) atoms. The lowest BCUT2D eigenvalue weighted by Crippen LogP contribution is -2.06. The molecule has 1 aromatic rings. The van der Waals surface area contributed by atoms with Crippen LogP contribution in [-0.2, 0) is 9.53 Å². The third kappa shape index (κ3) is 1.93. The highest BCUT2D eigenvalue weighted by molar-refractivity contribution is 6.20. The smallest absolute Gasteiger partial charge is 0.338 e. The second-order valence-corrected chi connectivity index (χ2v) is 3.27. The molecule has 2 rings (SSSR count). The number of hydrogen-bond acceptors (Lipinski definition) is 3. The number of fused-ring (bicyclic) bond motifs is 1. The number of benzene rings is 1. The van der Waals surface area contributed by atoms with E-state index in [1.165, 1.54) is 7.11 Å². The topological polar surface area (TPSA) is 38.7 Å². The molecule has 0 spiro atoms. The molecule has 0 bridgehead atoms. The highest BCUT2D eigenvalue weighted by Gasteiger charge is 2.14. The van der Waals surface area contributed by atoms with Crippen LogP contribution in [0.5, 0.6) is 0 Å². The minimum atomic E-state index is -0.353. The van der Waals surface area contributed by atoms with Gasteiger partial charge in [-0.1, -0.05) is 24.3 Å². The fraction of sp³-hybridized carbons (Fsp3) is 0.0769. The van der Waals surface area contributed by atoms with E-state index in [9.17, 15) is 4.79 Å². The van der Waals surface area contributed by atoms with Crippen LogP contribution in [0.15, 0.2) is 41.5 Å². The summed E-state index contributed by atoms with van der Waals surface area (Å²) in [7, 11) is 1.37. The summed E-state index contributed by atoms with van der Waals surface area (Å²) in [5.41, 5.74) is 2.33. The third-order valence-electron chi connectivity index (χ3n) is 2.32. The van der Waals surface area contributed by atoms with Crippen LogP contribution >= 0.6 is 0 Å². The van der Waals surface area contributed by atoms with Crippen molar-refractivity contribution in [1.82, 2.24) is 0 Å². The van der Waals surface area contributed by atoms with Crippen molar-refractivity contribution in [1.29, 1.82) is 0 Å². The average molecular weight is 213 g/mol. The zero-order chi connectivity index (χ0) is 11.4. The number of carbonyl (C=O) groups excluding carboxylic acids is 1. The van der Waals surface area contributed by atoms with Crippen LogP contribution < -0.4 is 0 Å². The van der Waals surface area contributed by atoms with E-state index in [0.29, 0.717) is 5.57 Å². The average Bonchev–Trinajstić information content (AvgIpc) is 2.29. The first-order chi connectivity index (χ1) is 7.83. The Bertz CT molecular complexity index is 498. The van der Waals surface area contributed by atoms with Crippen LogP contribution in [0.4, 0.5) is 0 Å². The molecule has 0 fully saturated rings. The quantitative estimate of drug-likeness (QED) is 0.671. The highest BCUT2D eigenvalue weighted by atomic mass is 16.5. The predicted octanol–water partition coefficient (Wildman–Crippen LogP) is 2.30. The molecule has 1 aliphatic rings. The van der Waals surface area contributed by atoms with Gasteiger partial charge in [0, 0.05) is 12.4 Å². The predicted molar refractivity (Wildman–Crippen MR) is 64.0 cm³/mol. The maximum absolute atomic E-state index is 11.6. The van der Waals surface area contributed by atoms with Crippen molar-refractivity contribution >= 4 is 23.8 Å². The van der Waals surface area contributed by atoms with E-state index in [1.807, 2.05) is 30.3 Å². The maximum Gasteiger partial charge on any atom is 0.338 e. The van der Waals surface area contributed by atoms with E-state index in [1.54, 1.807) is 18.5 Å². The Morgan fingerprint density at radius 3 is 2.94 bits per heavy atom. The van der Waals surface area contributed by atoms with Gasteiger partial charge < -0.3 is 4.74 Å². The zero-order valence-electron chi connectivity index (χ0n) is 8.88. The van der Waals surface area contributed by atoms with Crippen LogP contribution in [0.3, 0.4) is 0 Å². The number of allylic oxidation sites excluding steroid dienone is 1. The van der Waals surface area contributed by atoms with Crippen LogP contribution in [0, 0.1) is 0 Å². The largest absolute Gasteiger partial charge is 0.465 e. The van der Waals surface area contributed by atoms with E-state index >= 15 is 0 Å². The molecule has 1 heterocycles. The van der Waals surface area contributed by atoms with Gasteiger partial charge in [-0.15, -0.1) is 0 Å². The van der Waals surface area contributed by atoms with Gasteiger partial charge >= 0.3 is 5.97 Å². The van der Waals surface area contributed by atoms with Gasteiger partial charge in [0.1, 0.15) is 0 Å². The van der Waals surface area contributed by atoms with Gasteiger partial charge in [0.15, 0.2) is 0 Å². The van der Waals surface area contributed by atoms with Crippen LogP contribution in [0.1, 0.15) is 11.1 Å². The second kappa shape index (κ2) is 4.57. The summed E-state index contributed by atoms with van der Waals surface area (Å²) in [4.78, 5) is 15.6. The van der Waals surface area contributed by atoms with Gasteiger partial charge in [0.25, 0.3) is 0 Å². The fourth-order valence-electron chi connectivity index (χ4n) is 1.56. The van der Waals surface area contributed by atoms with Crippen molar-refractivity contribution in [2.75, 3.05) is 7.11 Å². The van der Waals surface area contributed by atoms with Crippen molar-refractivity contribution in [2.45, 2.75) is 0 Å². The number of esters is 1. The first-order valence-electron chi connectivity index (χ1n) is 4.90. The van der Waals surface area contributed by atoms with Crippen molar-refractivity contribution in [3.8, 4) is 0 Å². The highest BCUT2D eigenvalue weighted by Crippen LogP contribution is 2.22. The van der Waals surface area contributed by atoms with E-state index in [0.717, 1.165) is 11.1 Å². The lowest BCUT2D eigenvalue weighted by Gasteiger charge is -2.09. The Labute approximate surface area is 93.8 Å². The molecule has 0 atom stereocenters. The summed E-state index contributed by atoms with van der Waals surface area (Å²) in [6.07, 6.45) is 6.80. The Morgan fingerprint density at radius 1 is 1.31 bits per heavy atom. The Hall–Kier alpha value is -2.16. The van der Waals surface area contributed by atoms with Gasteiger partial charge in [-0.25, -0.2) is 4.79 Å². The zero-order valence-corrected chi connectivity index (χ0v) is 8.88. The number of methoxy groups -OCH3 is 1. The van der Waals surface area contributed by atoms with E-state index in [2.05, 4.69) is 4.99 Å². The summed E-state index contributed by atoms with van der Waals surface area (Å²) in [6.45, 7) is 0. The molecule has 0 N–H and O–H groups in total. The van der Waals surface area contributed by atoms with Crippen molar-refractivity contribution in [3.05, 3.63) is 47.7 Å². The molecule has 3 nitrogen and oxygen atoms in total. The molecular weight excluding hydrogens is 202 g/mol. The third-order valence-corrected chi connectivity index (χ3v) is 2.32. The van der Waals surface area contributed by atoms with E-state index < -0.39 is 0 Å². The van der Waals surface area contributed by atoms with E-state index in [4.69, 9.17) is 4.74 Å². The number of aliphatic imine (C=N–C) groups is 1. The molecule has 1 aromatic carbocycles. The molecule has 0 unspecified atom stereocenters. The Kier molecular flexibility index (Phi) is 2.96. The molecule has 80 valence electrons. The van der Waals surface area contributed by atoms with Gasteiger partial charge in [-0.3, -0.25) is 4.99 Å². The van der Waals surface area contributed by atoms with Gasteiger partial charge in [-0.05, 0) is 23.3 Å². The number of ether oxygens (including phenoxy) is 1. The standard InChI is InChI=1S/C13H11NO2/c1-16-13(15)12-7-9-14-8-6-10-4-2-3-5-11(10)12/h2-9H,1H3.